The fourth-order valence-corrected chi connectivity index (χ4v) is 3.30. The molecular weight excluding hydrogens is 372 g/mol. The maximum absolute atomic E-state index is 13.1. The molecule has 25 heavy (non-hydrogen) atoms. The van der Waals surface area contributed by atoms with E-state index < -0.39 is 11.7 Å². The second-order valence-electron chi connectivity index (χ2n) is 5.91. The molecule has 0 aromatic heterocycles. The Labute approximate surface area is 153 Å². The molecule has 0 amide bonds. The molecule has 3 rings (SSSR count). The van der Waals surface area contributed by atoms with E-state index in [-0.39, 0.29) is 5.38 Å². The van der Waals surface area contributed by atoms with Crippen LogP contribution in [0.15, 0.2) is 47.5 Å². The Balaban J connectivity index is 2.18. The zero-order valence-electron chi connectivity index (χ0n) is 13.3. The minimum Gasteiger partial charge on any atom is -0.372 e. The molecule has 1 unspecified atom stereocenters. The van der Waals surface area contributed by atoms with Gasteiger partial charge >= 0.3 is 6.18 Å². The Hall–Kier alpha value is -1.72. The molecule has 0 radical (unpaired) electrons. The zero-order chi connectivity index (χ0) is 18.2. The van der Waals surface area contributed by atoms with Gasteiger partial charge in [-0.3, -0.25) is 4.99 Å². The van der Waals surface area contributed by atoms with Gasteiger partial charge in [-0.2, -0.15) is 13.2 Å². The van der Waals surface area contributed by atoms with E-state index >= 15 is 0 Å². The van der Waals surface area contributed by atoms with Gasteiger partial charge in [-0.05, 0) is 30.3 Å². The SMILES string of the molecule is CN1CC(Cl)C/N=C(/c2cccc(C(F)(F)F)c2)c2cc(Cl)ccc21. The number of hydrogen-bond donors (Lipinski definition) is 0. The van der Waals surface area contributed by atoms with Crippen molar-refractivity contribution in [3.63, 3.8) is 0 Å². The van der Waals surface area contributed by atoms with Crippen LogP contribution in [0.3, 0.4) is 0 Å². The van der Waals surface area contributed by atoms with Crippen molar-refractivity contribution in [1.29, 1.82) is 0 Å². The van der Waals surface area contributed by atoms with Crippen LogP contribution in [0.25, 0.3) is 0 Å². The van der Waals surface area contributed by atoms with Gasteiger partial charge in [0, 0.05) is 35.4 Å². The number of rotatable bonds is 1. The van der Waals surface area contributed by atoms with Crippen molar-refractivity contribution >= 4 is 34.6 Å². The van der Waals surface area contributed by atoms with Crippen LogP contribution in [0.5, 0.6) is 0 Å². The lowest BCUT2D eigenvalue weighted by Crippen LogP contribution is -2.31. The van der Waals surface area contributed by atoms with Crippen molar-refractivity contribution in [2.24, 2.45) is 4.99 Å². The molecule has 2 aromatic rings. The highest BCUT2D eigenvalue weighted by molar-refractivity contribution is 6.31. The van der Waals surface area contributed by atoms with E-state index in [0.717, 1.165) is 17.8 Å². The predicted molar refractivity (Wildman–Crippen MR) is 96.3 cm³/mol. The highest BCUT2D eigenvalue weighted by Crippen LogP contribution is 2.32. The van der Waals surface area contributed by atoms with Crippen LogP contribution in [-0.2, 0) is 6.18 Å². The molecule has 1 atom stereocenters. The molecule has 0 N–H and O–H groups in total. The Morgan fingerprint density at radius 1 is 1.16 bits per heavy atom. The molecule has 2 aromatic carbocycles. The number of halogens is 5. The van der Waals surface area contributed by atoms with Crippen molar-refractivity contribution in [3.8, 4) is 0 Å². The normalized spacial score (nSPS) is 20.3. The van der Waals surface area contributed by atoms with Crippen LogP contribution in [0.2, 0.25) is 5.02 Å². The number of nitrogens with zero attached hydrogens (tertiary/aromatic N) is 2. The van der Waals surface area contributed by atoms with Gasteiger partial charge in [-0.1, -0.05) is 23.7 Å². The average molecular weight is 387 g/mol. The van der Waals surface area contributed by atoms with E-state index in [1.54, 1.807) is 18.2 Å². The van der Waals surface area contributed by atoms with Gasteiger partial charge in [0.05, 0.1) is 23.2 Å². The standard InChI is InChI=1S/C18H15Cl2F3N2/c1-25-10-14(20)9-24-17(15-8-13(19)5-6-16(15)25)11-3-2-4-12(7-11)18(21,22)23/h2-8,14H,9-10H2,1H3/b24-17-. The fourth-order valence-electron chi connectivity index (χ4n) is 2.85. The minimum atomic E-state index is -4.42. The van der Waals surface area contributed by atoms with E-state index in [1.165, 1.54) is 6.07 Å². The lowest BCUT2D eigenvalue weighted by Gasteiger charge is -2.27. The molecule has 0 spiro atoms. The van der Waals surface area contributed by atoms with Crippen molar-refractivity contribution in [2.75, 3.05) is 25.0 Å². The number of fused-ring (bicyclic) bond motifs is 1. The molecule has 7 heteroatoms. The van der Waals surface area contributed by atoms with Gasteiger partial charge in [0.2, 0.25) is 0 Å². The molecule has 2 nitrogen and oxygen atoms in total. The fraction of sp³-hybridized carbons (Fsp3) is 0.278. The first kappa shape index (κ1) is 18.1. The second-order valence-corrected chi connectivity index (χ2v) is 6.96. The zero-order valence-corrected chi connectivity index (χ0v) is 14.8. The van der Waals surface area contributed by atoms with Crippen molar-refractivity contribution in [1.82, 2.24) is 0 Å². The third-order valence-corrected chi connectivity index (χ3v) is 4.52. The summed E-state index contributed by atoms with van der Waals surface area (Å²) in [6.07, 6.45) is -4.42. The molecule has 132 valence electrons. The third kappa shape index (κ3) is 3.93. The van der Waals surface area contributed by atoms with Gasteiger partial charge < -0.3 is 4.90 Å². The molecule has 0 saturated heterocycles. The topological polar surface area (TPSA) is 15.6 Å². The summed E-state index contributed by atoms with van der Waals surface area (Å²) < 4.78 is 39.2. The number of hydrogen-bond acceptors (Lipinski definition) is 2. The quantitative estimate of drug-likeness (QED) is 0.610. The Morgan fingerprint density at radius 3 is 2.64 bits per heavy atom. The lowest BCUT2D eigenvalue weighted by molar-refractivity contribution is -0.137. The minimum absolute atomic E-state index is 0.241. The molecule has 0 saturated carbocycles. The molecule has 0 fully saturated rings. The molecule has 0 bridgehead atoms. The third-order valence-electron chi connectivity index (χ3n) is 4.01. The molecule has 1 aliphatic rings. The summed E-state index contributed by atoms with van der Waals surface area (Å²) in [5.41, 5.74) is 1.65. The van der Waals surface area contributed by atoms with E-state index in [0.29, 0.717) is 35.0 Å². The van der Waals surface area contributed by atoms with E-state index in [4.69, 9.17) is 23.2 Å². The smallest absolute Gasteiger partial charge is 0.372 e. The number of alkyl halides is 4. The first-order chi connectivity index (χ1) is 11.8. The van der Waals surface area contributed by atoms with Crippen LogP contribution < -0.4 is 4.90 Å². The number of anilines is 1. The van der Waals surface area contributed by atoms with Crippen molar-refractivity contribution in [2.45, 2.75) is 11.6 Å². The van der Waals surface area contributed by atoms with E-state index in [1.807, 2.05) is 18.0 Å². The summed E-state index contributed by atoms with van der Waals surface area (Å²) in [5, 5.41) is 0.254. The van der Waals surface area contributed by atoms with Gasteiger partial charge in [-0.15, -0.1) is 11.6 Å². The highest BCUT2D eigenvalue weighted by Gasteiger charge is 2.31. The average Bonchev–Trinajstić information content (AvgIpc) is 2.53. The largest absolute Gasteiger partial charge is 0.416 e. The molecule has 1 heterocycles. The number of benzene rings is 2. The van der Waals surface area contributed by atoms with E-state index in [2.05, 4.69) is 4.99 Å². The summed E-state index contributed by atoms with van der Waals surface area (Å²) >= 11 is 12.4. The number of aliphatic imine (C=N–C) groups is 1. The van der Waals surface area contributed by atoms with Crippen LogP contribution in [0, 0.1) is 0 Å². The molecule has 1 aliphatic heterocycles. The summed E-state index contributed by atoms with van der Waals surface area (Å²) in [5.74, 6) is 0. The van der Waals surface area contributed by atoms with Crippen LogP contribution in [0.4, 0.5) is 18.9 Å². The molecule has 0 aliphatic carbocycles. The van der Waals surface area contributed by atoms with Crippen LogP contribution >= 0.6 is 23.2 Å². The van der Waals surface area contributed by atoms with Gasteiger partial charge in [0.15, 0.2) is 0 Å². The lowest BCUT2D eigenvalue weighted by atomic mass is 9.97. The van der Waals surface area contributed by atoms with Crippen molar-refractivity contribution in [3.05, 3.63) is 64.2 Å². The summed E-state index contributed by atoms with van der Waals surface area (Å²) in [6.45, 7) is 0.888. The maximum atomic E-state index is 13.1. The molecular formula is C18H15Cl2F3N2. The summed E-state index contributed by atoms with van der Waals surface area (Å²) in [7, 11) is 1.89. The van der Waals surface area contributed by atoms with Crippen LogP contribution in [0.1, 0.15) is 16.7 Å². The Morgan fingerprint density at radius 2 is 1.92 bits per heavy atom. The Kier molecular flexibility index (Phi) is 4.98. The van der Waals surface area contributed by atoms with E-state index in [9.17, 15) is 13.2 Å². The Bertz CT molecular complexity index is 818. The maximum Gasteiger partial charge on any atom is 0.416 e. The predicted octanol–water partition coefficient (Wildman–Crippen LogP) is 5.25. The monoisotopic (exact) mass is 386 g/mol. The van der Waals surface area contributed by atoms with Crippen molar-refractivity contribution < 1.29 is 13.2 Å². The van der Waals surface area contributed by atoms with Gasteiger partial charge in [-0.25, -0.2) is 0 Å². The highest BCUT2D eigenvalue weighted by atomic mass is 35.5. The first-order valence-corrected chi connectivity index (χ1v) is 8.44. The second kappa shape index (κ2) is 6.89. The summed E-state index contributed by atoms with van der Waals surface area (Å²) in [4.78, 5) is 6.47. The van der Waals surface area contributed by atoms with Gasteiger partial charge in [0.1, 0.15) is 0 Å². The first-order valence-electron chi connectivity index (χ1n) is 7.63. The summed E-state index contributed by atoms with van der Waals surface area (Å²) in [6, 6.07) is 10.4. The van der Waals surface area contributed by atoms with Gasteiger partial charge in [0.25, 0.3) is 0 Å². The van der Waals surface area contributed by atoms with Crippen LogP contribution in [-0.4, -0.2) is 31.2 Å².